The van der Waals surface area contributed by atoms with Gasteiger partial charge in [0.25, 0.3) is 0 Å². The van der Waals surface area contributed by atoms with E-state index in [0.717, 1.165) is 43.7 Å². The molecule has 8 heteroatoms. The molecule has 4 rings (SSSR count). The highest BCUT2D eigenvalue weighted by atomic mass is 16.5. The largest absolute Gasteiger partial charge is 0.497 e. The monoisotopic (exact) mass is 450 g/mol. The molecule has 0 bridgehead atoms. The molecule has 0 aliphatic carbocycles. The number of methoxy groups -OCH3 is 2. The SMILES string of the molecule is COc1cc2c(c(OC)c1)C(C=O)NC(c1ccc(N3CCN(C(=O)C(C)C)CC3)cc1)=N2. The first kappa shape index (κ1) is 22.6. The number of hydrogen-bond acceptors (Lipinski definition) is 7. The van der Waals surface area contributed by atoms with E-state index in [4.69, 9.17) is 14.5 Å². The average Bonchev–Trinajstić information content (AvgIpc) is 2.86. The van der Waals surface area contributed by atoms with Gasteiger partial charge in [-0.05, 0) is 24.3 Å². The van der Waals surface area contributed by atoms with Gasteiger partial charge in [0.1, 0.15) is 29.7 Å². The maximum absolute atomic E-state index is 12.2. The second-order valence-corrected chi connectivity index (χ2v) is 8.49. The van der Waals surface area contributed by atoms with E-state index in [1.54, 1.807) is 20.3 Å². The molecule has 33 heavy (non-hydrogen) atoms. The molecule has 1 N–H and O–H groups in total. The standard InChI is InChI=1S/C25H30N4O4/c1-16(2)25(31)29-11-9-28(10-12-29)18-7-5-17(6-8-18)24-26-20-13-19(32-3)14-22(33-4)23(20)21(15-30)27-24/h5-8,13-16,21H,9-12H2,1-4H3,(H,26,27). The Hall–Kier alpha value is -3.55. The Morgan fingerprint density at radius 2 is 1.79 bits per heavy atom. The molecule has 1 saturated heterocycles. The number of ether oxygens (including phenoxy) is 2. The summed E-state index contributed by atoms with van der Waals surface area (Å²) >= 11 is 0. The summed E-state index contributed by atoms with van der Waals surface area (Å²) in [7, 11) is 3.15. The van der Waals surface area contributed by atoms with Crippen LogP contribution in [-0.2, 0) is 9.59 Å². The molecule has 174 valence electrons. The zero-order valence-corrected chi connectivity index (χ0v) is 19.5. The van der Waals surface area contributed by atoms with Crippen molar-refractivity contribution in [2.45, 2.75) is 19.9 Å². The van der Waals surface area contributed by atoms with E-state index in [1.165, 1.54) is 0 Å². The number of carbonyl (C=O) groups is 2. The Morgan fingerprint density at radius 3 is 2.36 bits per heavy atom. The molecule has 2 aromatic rings. The molecule has 2 aromatic carbocycles. The zero-order chi connectivity index (χ0) is 23.5. The van der Waals surface area contributed by atoms with Gasteiger partial charge in [-0.1, -0.05) is 13.8 Å². The number of aldehydes is 1. The highest BCUT2D eigenvalue weighted by molar-refractivity contribution is 6.04. The third kappa shape index (κ3) is 4.51. The van der Waals surface area contributed by atoms with E-state index in [9.17, 15) is 9.59 Å². The van der Waals surface area contributed by atoms with Crippen LogP contribution in [-0.4, -0.2) is 63.3 Å². The van der Waals surface area contributed by atoms with Crippen LogP contribution in [0.5, 0.6) is 11.5 Å². The van der Waals surface area contributed by atoms with Crippen molar-refractivity contribution in [1.82, 2.24) is 10.2 Å². The third-order valence-corrected chi connectivity index (χ3v) is 6.11. The first-order valence-corrected chi connectivity index (χ1v) is 11.2. The quantitative estimate of drug-likeness (QED) is 0.682. The number of piperazine rings is 1. The number of nitrogens with one attached hydrogen (secondary N) is 1. The normalized spacial score (nSPS) is 17.7. The van der Waals surface area contributed by atoms with Crippen molar-refractivity contribution >= 4 is 29.4 Å². The predicted molar refractivity (Wildman–Crippen MR) is 128 cm³/mol. The summed E-state index contributed by atoms with van der Waals surface area (Å²) < 4.78 is 10.8. The summed E-state index contributed by atoms with van der Waals surface area (Å²) in [6, 6.07) is 11.1. The Morgan fingerprint density at radius 1 is 1.09 bits per heavy atom. The molecular weight excluding hydrogens is 420 g/mol. The van der Waals surface area contributed by atoms with Crippen molar-refractivity contribution in [2.75, 3.05) is 45.3 Å². The van der Waals surface area contributed by atoms with Crippen LogP contribution in [0, 0.1) is 5.92 Å². The smallest absolute Gasteiger partial charge is 0.225 e. The number of amides is 1. The van der Waals surface area contributed by atoms with Gasteiger partial charge in [-0.15, -0.1) is 0 Å². The zero-order valence-electron chi connectivity index (χ0n) is 19.5. The molecule has 0 saturated carbocycles. The van der Waals surface area contributed by atoms with Gasteiger partial charge in [0, 0.05) is 61.0 Å². The van der Waals surface area contributed by atoms with Crippen LogP contribution in [0.3, 0.4) is 0 Å². The summed E-state index contributed by atoms with van der Waals surface area (Å²) in [5, 5.41) is 3.22. The first-order valence-electron chi connectivity index (χ1n) is 11.2. The molecule has 0 spiro atoms. The number of hydrogen-bond donors (Lipinski definition) is 1. The van der Waals surface area contributed by atoms with Crippen LogP contribution in [0.4, 0.5) is 11.4 Å². The van der Waals surface area contributed by atoms with Crippen LogP contribution in [0.1, 0.15) is 31.0 Å². The third-order valence-electron chi connectivity index (χ3n) is 6.11. The first-order chi connectivity index (χ1) is 15.9. The highest BCUT2D eigenvalue weighted by Gasteiger charge is 2.27. The van der Waals surface area contributed by atoms with Crippen LogP contribution in [0.15, 0.2) is 41.4 Å². The van der Waals surface area contributed by atoms with Crippen molar-refractivity contribution in [3.8, 4) is 11.5 Å². The second-order valence-electron chi connectivity index (χ2n) is 8.49. The number of anilines is 1. The number of rotatable bonds is 6. The molecule has 0 aromatic heterocycles. The van der Waals surface area contributed by atoms with E-state index in [-0.39, 0.29) is 11.8 Å². The van der Waals surface area contributed by atoms with Crippen molar-refractivity contribution in [3.63, 3.8) is 0 Å². The van der Waals surface area contributed by atoms with Gasteiger partial charge in [0.15, 0.2) is 0 Å². The molecule has 1 unspecified atom stereocenters. The van der Waals surface area contributed by atoms with Gasteiger partial charge in [-0.3, -0.25) is 4.79 Å². The minimum Gasteiger partial charge on any atom is -0.497 e. The number of benzene rings is 2. The van der Waals surface area contributed by atoms with Gasteiger partial charge >= 0.3 is 0 Å². The minimum atomic E-state index is -0.570. The Bertz CT molecular complexity index is 1060. The van der Waals surface area contributed by atoms with Crippen LogP contribution >= 0.6 is 0 Å². The number of amidine groups is 1. The highest BCUT2D eigenvalue weighted by Crippen LogP contribution is 2.40. The number of carbonyl (C=O) groups excluding carboxylic acids is 2. The van der Waals surface area contributed by atoms with Gasteiger partial charge in [0.05, 0.1) is 19.9 Å². The lowest BCUT2D eigenvalue weighted by atomic mass is 10.0. The fraction of sp³-hybridized carbons (Fsp3) is 0.400. The lowest BCUT2D eigenvalue weighted by molar-refractivity contribution is -0.134. The lowest BCUT2D eigenvalue weighted by Crippen LogP contribution is -2.49. The molecule has 2 aliphatic heterocycles. The van der Waals surface area contributed by atoms with Gasteiger partial charge < -0.3 is 29.4 Å². The predicted octanol–water partition coefficient (Wildman–Crippen LogP) is 2.93. The Balaban J connectivity index is 1.54. The van der Waals surface area contributed by atoms with Crippen molar-refractivity contribution < 1.29 is 19.1 Å². The molecule has 1 amide bonds. The molecule has 0 radical (unpaired) electrons. The van der Waals surface area contributed by atoms with E-state index < -0.39 is 6.04 Å². The minimum absolute atomic E-state index is 0.0276. The van der Waals surface area contributed by atoms with Crippen molar-refractivity contribution in [1.29, 1.82) is 0 Å². The second kappa shape index (κ2) is 9.52. The Kier molecular flexibility index (Phi) is 6.53. The number of fused-ring (bicyclic) bond motifs is 1. The summed E-state index contributed by atoms with van der Waals surface area (Å²) in [6.07, 6.45) is 0.856. The maximum Gasteiger partial charge on any atom is 0.225 e. The topological polar surface area (TPSA) is 83.5 Å². The summed E-state index contributed by atoms with van der Waals surface area (Å²) in [4.78, 5) is 33.1. The average molecular weight is 451 g/mol. The molecule has 8 nitrogen and oxygen atoms in total. The molecule has 2 aliphatic rings. The van der Waals surface area contributed by atoms with Gasteiger partial charge in [-0.2, -0.15) is 0 Å². The number of nitrogens with zero attached hydrogens (tertiary/aromatic N) is 3. The fourth-order valence-corrected chi connectivity index (χ4v) is 4.28. The van der Waals surface area contributed by atoms with Crippen molar-refractivity contribution in [2.24, 2.45) is 10.9 Å². The fourth-order valence-electron chi connectivity index (χ4n) is 4.28. The molecule has 2 heterocycles. The summed E-state index contributed by atoms with van der Waals surface area (Å²) in [5.41, 5.74) is 3.32. The van der Waals surface area contributed by atoms with E-state index in [0.29, 0.717) is 28.6 Å². The van der Waals surface area contributed by atoms with Crippen LogP contribution in [0.25, 0.3) is 0 Å². The van der Waals surface area contributed by atoms with Crippen LogP contribution < -0.4 is 19.7 Å². The number of aliphatic imine (C=N–C) groups is 1. The maximum atomic E-state index is 12.2. The molecule has 1 fully saturated rings. The van der Waals surface area contributed by atoms with Crippen molar-refractivity contribution in [3.05, 3.63) is 47.5 Å². The summed E-state index contributed by atoms with van der Waals surface area (Å²) in [5.74, 6) is 2.03. The lowest BCUT2D eigenvalue weighted by Gasteiger charge is -2.37. The van der Waals surface area contributed by atoms with E-state index in [2.05, 4.69) is 22.3 Å². The summed E-state index contributed by atoms with van der Waals surface area (Å²) in [6.45, 7) is 6.95. The van der Waals surface area contributed by atoms with Gasteiger partial charge in [-0.25, -0.2) is 4.99 Å². The molecular formula is C25H30N4O4. The van der Waals surface area contributed by atoms with E-state index >= 15 is 0 Å². The molecule has 1 atom stereocenters. The van der Waals surface area contributed by atoms with Gasteiger partial charge in [0.2, 0.25) is 5.91 Å². The van der Waals surface area contributed by atoms with E-state index in [1.807, 2.05) is 36.9 Å². The van der Waals surface area contributed by atoms with Crippen LogP contribution in [0.2, 0.25) is 0 Å². The Labute approximate surface area is 194 Å².